The van der Waals surface area contributed by atoms with E-state index in [1.54, 1.807) is 0 Å². The molecule has 1 aromatic rings. The SMILES string of the molecule is CCCNC1(C(=O)O)CCN(CCc2ccccc2)CC1. The molecule has 0 aromatic heterocycles. The molecule has 0 bridgehead atoms. The third kappa shape index (κ3) is 4.29. The average Bonchev–Trinajstić information content (AvgIpc) is 2.53. The summed E-state index contributed by atoms with van der Waals surface area (Å²) in [5, 5.41) is 12.8. The van der Waals surface area contributed by atoms with Crippen molar-refractivity contribution in [3.8, 4) is 0 Å². The van der Waals surface area contributed by atoms with E-state index in [9.17, 15) is 9.90 Å². The number of aliphatic carboxylic acids is 1. The number of hydrogen-bond acceptors (Lipinski definition) is 3. The molecule has 1 aromatic carbocycles. The predicted octanol–water partition coefficient (Wildman–Crippen LogP) is 2.15. The number of hydrogen-bond donors (Lipinski definition) is 2. The maximum Gasteiger partial charge on any atom is 0.323 e. The number of piperidine rings is 1. The van der Waals surface area contributed by atoms with Crippen molar-refractivity contribution in [3.05, 3.63) is 35.9 Å². The lowest BCUT2D eigenvalue weighted by Gasteiger charge is -2.39. The lowest BCUT2D eigenvalue weighted by molar-refractivity contribution is -0.147. The topological polar surface area (TPSA) is 52.6 Å². The Morgan fingerprint density at radius 1 is 1.29 bits per heavy atom. The number of carbonyl (C=O) groups is 1. The lowest BCUT2D eigenvalue weighted by Crippen LogP contribution is -2.58. The highest BCUT2D eigenvalue weighted by atomic mass is 16.4. The minimum Gasteiger partial charge on any atom is -0.480 e. The molecule has 0 unspecified atom stereocenters. The molecule has 2 rings (SSSR count). The molecule has 1 aliphatic rings. The summed E-state index contributed by atoms with van der Waals surface area (Å²) in [7, 11) is 0. The van der Waals surface area contributed by atoms with Gasteiger partial charge in [-0.05, 0) is 37.8 Å². The Kier molecular flexibility index (Phi) is 5.76. The van der Waals surface area contributed by atoms with Gasteiger partial charge in [-0.25, -0.2) is 0 Å². The maximum atomic E-state index is 11.6. The molecule has 1 fully saturated rings. The molecule has 4 nitrogen and oxygen atoms in total. The van der Waals surface area contributed by atoms with E-state index in [2.05, 4.69) is 41.4 Å². The Bertz CT molecular complexity index is 439. The van der Waals surface area contributed by atoms with Crippen molar-refractivity contribution in [1.82, 2.24) is 10.2 Å². The van der Waals surface area contributed by atoms with Gasteiger partial charge in [0.15, 0.2) is 0 Å². The van der Waals surface area contributed by atoms with Crippen molar-refractivity contribution in [2.45, 2.75) is 38.1 Å². The van der Waals surface area contributed by atoms with Crippen molar-refractivity contribution in [3.63, 3.8) is 0 Å². The highest BCUT2D eigenvalue weighted by Gasteiger charge is 2.40. The van der Waals surface area contributed by atoms with Crippen LogP contribution in [0.2, 0.25) is 0 Å². The molecule has 4 heteroatoms. The number of nitrogens with zero attached hydrogens (tertiary/aromatic N) is 1. The van der Waals surface area contributed by atoms with Gasteiger partial charge in [-0.1, -0.05) is 37.3 Å². The van der Waals surface area contributed by atoms with Crippen LogP contribution in [0.4, 0.5) is 0 Å². The quantitative estimate of drug-likeness (QED) is 0.808. The average molecular weight is 290 g/mol. The predicted molar refractivity (Wildman–Crippen MR) is 84.5 cm³/mol. The molecule has 0 atom stereocenters. The van der Waals surface area contributed by atoms with Crippen molar-refractivity contribution < 1.29 is 9.90 Å². The molecule has 2 N–H and O–H groups in total. The minimum atomic E-state index is -0.709. The van der Waals surface area contributed by atoms with Crippen LogP contribution in [0.1, 0.15) is 31.7 Å². The van der Waals surface area contributed by atoms with Crippen LogP contribution >= 0.6 is 0 Å². The smallest absolute Gasteiger partial charge is 0.323 e. The van der Waals surface area contributed by atoms with E-state index in [4.69, 9.17) is 0 Å². The fourth-order valence-corrected chi connectivity index (χ4v) is 2.92. The second-order valence-electron chi connectivity index (χ2n) is 5.89. The number of likely N-dealkylation sites (tertiary alicyclic amines) is 1. The monoisotopic (exact) mass is 290 g/mol. The van der Waals surface area contributed by atoms with Crippen LogP contribution in [0.25, 0.3) is 0 Å². The van der Waals surface area contributed by atoms with Crippen LogP contribution < -0.4 is 5.32 Å². The molecule has 0 spiro atoms. The lowest BCUT2D eigenvalue weighted by atomic mass is 9.87. The fraction of sp³-hybridized carbons (Fsp3) is 0.588. The van der Waals surface area contributed by atoms with Crippen LogP contribution in [-0.4, -0.2) is 47.7 Å². The maximum absolute atomic E-state index is 11.6. The first kappa shape index (κ1) is 16.0. The van der Waals surface area contributed by atoms with Gasteiger partial charge in [-0.15, -0.1) is 0 Å². The van der Waals surface area contributed by atoms with Gasteiger partial charge in [0.1, 0.15) is 5.54 Å². The summed E-state index contributed by atoms with van der Waals surface area (Å²) in [6, 6.07) is 10.5. The molecule has 0 amide bonds. The number of carboxylic acids is 1. The molecular formula is C17H26N2O2. The van der Waals surface area contributed by atoms with Gasteiger partial charge in [0.2, 0.25) is 0 Å². The van der Waals surface area contributed by atoms with Crippen molar-refractivity contribution in [2.24, 2.45) is 0 Å². The van der Waals surface area contributed by atoms with E-state index >= 15 is 0 Å². The Labute approximate surface area is 127 Å². The van der Waals surface area contributed by atoms with Crippen molar-refractivity contribution >= 4 is 5.97 Å². The first-order valence-corrected chi connectivity index (χ1v) is 7.91. The Morgan fingerprint density at radius 2 is 1.95 bits per heavy atom. The van der Waals surface area contributed by atoms with E-state index in [0.717, 1.165) is 39.0 Å². The van der Waals surface area contributed by atoms with Gasteiger partial charge in [-0.2, -0.15) is 0 Å². The van der Waals surface area contributed by atoms with Crippen LogP contribution in [-0.2, 0) is 11.2 Å². The van der Waals surface area contributed by atoms with Gasteiger partial charge in [0, 0.05) is 19.6 Å². The van der Waals surface area contributed by atoms with Crippen LogP contribution in [0, 0.1) is 0 Å². The zero-order chi connectivity index (χ0) is 15.1. The molecular weight excluding hydrogens is 264 g/mol. The zero-order valence-electron chi connectivity index (χ0n) is 12.8. The van der Waals surface area contributed by atoms with E-state index in [0.29, 0.717) is 12.8 Å². The van der Waals surface area contributed by atoms with Crippen molar-refractivity contribution in [1.29, 1.82) is 0 Å². The number of carboxylic acid groups (broad SMARTS) is 1. The molecule has 0 aliphatic carbocycles. The van der Waals surface area contributed by atoms with Crippen LogP contribution in [0.5, 0.6) is 0 Å². The van der Waals surface area contributed by atoms with Gasteiger partial charge < -0.3 is 15.3 Å². The van der Waals surface area contributed by atoms with E-state index in [1.165, 1.54) is 5.56 Å². The molecule has 21 heavy (non-hydrogen) atoms. The van der Waals surface area contributed by atoms with Crippen LogP contribution in [0.3, 0.4) is 0 Å². The summed E-state index contributed by atoms with van der Waals surface area (Å²) < 4.78 is 0. The Morgan fingerprint density at radius 3 is 2.52 bits per heavy atom. The third-order valence-corrected chi connectivity index (χ3v) is 4.39. The Balaban J connectivity index is 1.82. The molecule has 1 saturated heterocycles. The second-order valence-corrected chi connectivity index (χ2v) is 5.89. The number of rotatable bonds is 7. The molecule has 116 valence electrons. The van der Waals surface area contributed by atoms with E-state index in [1.807, 2.05) is 6.07 Å². The molecule has 1 heterocycles. The van der Waals surface area contributed by atoms with E-state index < -0.39 is 11.5 Å². The number of benzene rings is 1. The fourth-order valence-electron chi connectivity index (χ4n) is 2.92. The standard InChI is InChI=1S/C17H26N2O2/c1-2-11-18-17(16(20)21)9-13-19(14-10-17)12-8-15-6-4-3-5-7-15/h3-7,18H,2,8-14H2,1H3,(H,20,21). The van der Waals surface area contributed by atoms with Gasteiger partial charge in [0.25, 0.3) is 0 Å². The summed E-state index contributed by atoms with van der Waals surface area (Å²) >= 11 is 0. The van der Waals surface area contributed by atoms with Crippen molar-refractivity contribution in [2.75, 3.05) is 26.2 Å². The largest absolute Gasteiger partial charge is 0.480 e. The third-order valence-electron chi connectivity index (χ3n) is 4.39. The summed E-state index contributed by atoms with van der Waals surface area (Å²) in [6.07, 6.45) is 3.38. The van der Waals surface area contributed by atoms with Gasteiger partial charge >= 0.3 is 5.97 Å². The van der Waals surface area contributed by atoms with Gasteiger partial charge in [-0.3, -0.25) is 4.79 Å². The molecule has 1 aliphatic heterocycles. The normalized spacial score (nSPS) is 18.5. The highest BCUT2D eigenvalue weighted by molar-refractivity contribution is 5.79. The van der Waals surface area contributed by atoms with E-state index in [-0.39, 0.29) is 0 Å². The minimum absolute atomic E-state index is 0.692. The molecule has 0 radical (unpaired) electrons. The zero-order valence-corrected chi connectivity index (χ0v) is 12.8. The highest BCUT2D eigenvalue weighted by Crippen LogP contribution is 2.23. The summed E-state index contributed by atoms with van der Waals surface area (Å²) in [4.78, 5) is 14.0. The van der Waals surface area contributed by atoms with Crippen LogP contribution in [0.15, 0.2) is 30.3 Å². The molecule has 0 saturated carbocycles. The summed E-state index contributed by atoms with van der Waals surface area (Å²) in [6.45, 7) is 5.56. The summed E-state index contributed by atoms with van der Waals surface area (Å²) in [5.74, 6) is -0.696. The second kappa shape index (κ2) is 7.57. The van der Waals surface area contributed by atoms with Gasteiger partial charge in [0.05, 0.1) is 0 Å². The number of nitrogens with one attached hydrogen (secondary N) is 1. The first-order chi connectivity index (χ1) is 10.2. The Hall–Kier alpha value is -1.39. The first-order valence-electron chi connectivity index (χ1n) is 7.91. The summed E-state index contributed by atoms with van der Waals surface area (Å²) in [5.41, 5.74) is 0.635.